The number of halogens is 1. The number of hydrogen-bond donors (Lipinski definition) is 0. The molecule has 1 aromatic carbocycles. The lowest BCUT2D eigenvalue weighted by Gasteiger charge is -2.15. The molecule has 3 nitrogen and oxygen atoms in total. The molecule has 0 bridgehead atoms. The summed E-state index contributed by atoms with van der Waals surface area (Å²) >= 11 is 5.78. The van der Waals surface area contributed by atoms with E-state index in [0.29, 0.717) is 0 Å². The Balaban J connectivity index is 3.33. The van der Waals surface area contributed by atoms with Crippen molar-refractivity contribution in [3.05, 3.63) is 28.7 Å². The normalized spacial score (nSPS) is 21.4. The summed E-state index contributed by atoms with van der Waals surface area (Å²) in [5, 5.41) is 8.40. The molecule has 0 N–H and O–H groups in total. The molecule has 0 spiro atoms. The van der Waals surface area contributed by atoms with E-state index in [0.717, 1.165) is 0 Å². The van der Waals surface area contributed by atoms with Crippen LogP contribution in [0.1, 0.15) is 19.3 Å². The van der Waals surface area contributed by atoms with Crippen LogP contribution in [0.25, 0.3) is 0 Å². The topological polar surface area (TPSA) is 42.2 Å². The summed E-state index contributed by atoms with van der Waals surface area (Å²) < 4.78 is 87.4. The van der Waals surface area contributed by atoms with Gasteiger partial charge in [0.2, 0.25) is 0 Å². The van der Waals surface area contributed by atoms with E-state index in [-0.39, 0.29) is 6.52 Å². The van der Waals surface area contributed by atoms with Gasteiger partial charge in [0.25, 0.3) is 0 Å². The standard InChI is InChI=1S/C13H18ClNO2Si/c1-18(2,3)7-6-16-10-17-12-5-4-11(9-15)13(14)8-12/h4-5,8H,6-7,10H2,1-3H3/i1D,4D,5D,6D2,7D2,8D,10D2. The third-order valence-corrected chi connectivity index (χ3v) is 2.54. The molecule has 0 unspecified atom stereocenters. The summed E-state index contributed by atoms with van der Waals surface area (Å²) in [7, 11) is -3.17. The number of nitriles is 1. The van der Waals surface area contributed by atoms with Gasteiger partial charge in [-0.15, -0.1) is 0 Å². The first-order valence-electron chi connectivity index (χ1n) is 10.0. The summed E-state index contributed by atoms with van der Waals surface area (Å²) in [6.07, 6.45) is 0. The summed E-state index contributed by atoms with van der Waals surface area (Å²) in [4.78, 5) is 0. The minimum atomic E-state index is -3.35. The van der Waals surface area contributed by atoms with Crippen LogP contribution >= 0.6 is 11.6 Å². The van der Waals surface area contributed by atoms with Crippen LogP contribution < -0.4 is 4.74 Å². The number of nitrogens with zero attached hydrogens (tertiary/aromatic N) is 1. The molecule has 5 heteroatoms. The minimum absolute atomic E-state index is 0.381. The van der Waals surface area contributed by atoms with Gasteiger partial charge in [-0.25, -0.2) is 0 Å². The molecule has 0 fully saturated rings. The van der Waals surface area contributed by atoms with Gasteiger partial charge in [0.15, 0.2) is 6.75 Å². The van der Waals surface area contributed by atoms with Crippen molar-refractivity contribution in [2.75, 3.05) is 13.3 Å². The second kappa shape index (κ2) is 6.79. The Morgan fingerprint density at radius 3 is 3.06 bits per heavy atom. The van der Waals surface area contributed by atoms with Gasteiger partial charge in [-0.05, 0) is 18.1 Å². The molecule has 0 aliphatic heterocycles. The average Bonchev–Trinajstić information content (AvgIpc) is 2.56. The maximum absolute atomic E-state index is 8.95. The first kappa shape index (κ1) is 5.95. The maximum atomic E-state index is 8.95. The number of benzene rings is 1. The Kier molecular flexibility index (Phi) is 2.25. The molecule has 98 valence electrons. The van der Waals surface area contributed by atoms with E-state index in [1.807, 2.05) is 0 Å². The molecular weight excluding hydrogens is 266 g/mol. The van der Waals surface area contributed by atoms with Gasteiger partial charge in [0.1, 0.15) is 14.6 Å². The van der Waals surface area contributed by atoms with Crippen LogP contribution in [-0.4, -0.2) is 21.4 Å². The quantitative estimate of drug-likeness (QED) is 0.590. The lowest BCUT2D eigenvalue weighted by molar-refractivity contribution is 0.0220. The number of hydrogen-bond acceptors (Lipinski definition) is 3. The molecule has 0 aliphatic carbocycles. The lowest BCUT2D eigenvalue weighted by atomic mass is 10.2. The van der Waals surface area contributed by atoms with Crippen LogP contribution in [0.2, 0.25) is 30.6 Å². The van der Waals surface area contributed by atoms with Crippen molar-refractivity contribution >= 4 is 19.7 Å². The van der Waals surface area contributed by atoms with Gasteiger partial charge in [-0.1, -0.05) is 31.2 Å². The lowest BCUT2D eigenvalue weighted by Crippen LogP contribution is -2.22. The fraction of sp³-hybridized carbons (Fsp3) is 0.462. The fourth-order valence-corrected chi connectivity index (χ4v) is 1.25. The van der Waals surface area contributed by atoms with Gasteiger partial charge in [0.05, 0.1) is 17.4 Å². The third kappa shape index (κ3) is 5.54. The highest BCUT2D eigenvalue weighted by molar-refractivity contribution is 6.76. The Hall–Kier alpha value is -1.02. The van der Waals surface area contributed by atoms with E-state index in [2.05, 4.69) is 4.74 Å². The summed E-state index contributed by atoms with van der Waals surface area (Å²) in [6.45, 7) is -4.12. The highest BCUT2D eigenvalue weighted by Gasteiger charge is 2.11. The van der Waals surface area contributed by atoms with E-state index < -0.39 is 61.8 Å². The van der Waals surface area contributed by atoms with E-state index >= 15 is 0 Å². The molecule has 0 aliphatic rings. The first-order chi connectivity index (χ1) is 12.5. The van der Waals surface area contributed by atoms with Crippen LogP contribution in [0.5, 0.6) is 5.75 Å². The average molecular weight is 294 g/mol. The van der Waals surface area contributed by atoms with Crippen molar-refractivity contribution in [2.24, 2.45) is 0 Å². The molecule has 18 heavy (non-hydrogen) atoms. The predicted molar refractivity (Wildman–Crippen MR) is 75.8 cm³/mol. The van der Waals surface area contributed by atoms with Gasteiger partial charge in [-0.2, -0.15) is 5.26 Å². The maximum Gasteiger partial charge on any atom is 0.189 e. The predicted octanol–water partition coefficient (Wildman–Crippen LogP) is 3.90. The summed E-state index contributed by atoms with van der Waals surface area (Å²) in [6, 6.07) is -0.757. The van der Waals surface area contributed by atoms with Crippen molar-refractivity contribution < 1.29 is 23.2 Å². The Morgan fingerprint density at radius 1 is 1.61 bits per heavy atom. The molecule has 0 aromatic heterocycles. The van der Waals surface area contributed by atoms with E-state index in [1.54, 1.807) is 6.07 Å². The largest absolute Gasteiger partial charge is 0.468 e. The molecule has 0 atom stereocenters. The molecule has 0 saturated heterocycles. The Labute approximate surface area is 128 Å². The van der Waals surface area contributed by atoms with Crippen LogP contribution in [0.4, 0.5) is 0 Å². The van der Waals surface area contributed by atoms with E-state index in [9.17, 15) is 0 Å². The van der Waals surface area contributed by atoms with Crippen molar-refractivity contribution in [3.8, 4) is 11.8 Å². The molecule has 0 saturated carbocycles. The van der Waals surface area contributed by atoms with Gasteiger partial charge < -0.3 is 9.47 Å². The highest BCUT2D eigenvalue weighted by Crippen LogP contribution is 2.21. The van der Waals surface area contributed by atoms with Crippen molar-refractivity contribution in [1.29, 1.82) is 5.26 Å². The number of ether oxygens (including phenoxy) is 2. The van der Waals surface area contributed by atoms with E-state index in [1.165, 1.54) is 13.1 Å². The van der Waals surface area contributed by atoms with Gasteiger partial charge in [0, 0.05) is 24.8 Å². The third-order valence-electron chi connectivity index (χ3n) is 1.48. The summed E-state index contributed by atoms with van der Waals surface area (Å²) in [5.41, 5.74) is -0.472. The van der Waals surface area contributed by atoms with Gasteiger partial charge in [-0.3, -0.25) is 0 Å². The second-order valence-corrected chi connectivity index (χ2v) is 8.30. The zero-order valence-corrected chi connectivity index (χ0v) is 11.6. The highest BCUT2D eigenvalue weighted by atomic mass is 35.5. The van der Waals surface area contributed by atoms with Crippen LogP contribution in [0, 0.1) is 11.3 Å². The van der Waals surface area contributed by atoms with Crippen molar-refractivity contribution in [2.45, 2.75) is 25.6 Å². The van der Waals surface area contributed by atoms with Crippen molar-refractivity contribution in [1.82, 2.24) is 0 Å². The smallest absolute Gasteiger partial charge is 0.189 e. The second-order valence-electron chi connectivity index (χ2n) is 3.90. The SMILES string of the molecule is [2H]C[Si](C)(C)C([2H])([2H])C([2H])([2H])OC([2H])([2H])Oc1c([2H])c([2H])c(C#N)c(Cl)c1[2H]. The van der Waals surface area contributed by atoms with Crippen LogP contribution in [0.15, 0.2) is 18.1 Å². The Morgan fingerprint density at radius 2 is 2.39 bits per heavy atom. The molecular formula is C13H18ClNO2Si. The van der Waals surface area contributed by atoms with E-state index in [4.69, 9.17) is 35.3 Å². The van der Waals surface area contributed by atoms with Gasteiger partial charge >= 0.3 is 0 Å². The van der Waals surface area contributed by atoms with Crippen molar-refractivity contribution in [3.63, 3.8) is 0 Å². The zero-order valence-electron chi connectivity index (χ0n) is 19.8. The molecule has 1 aromatic rings. The molecule has 0 radical (unpaired) electrons. The Bertz CT molecular complexity index is 782. The zero-order chi connectivity index (χ0) is 22.3. The number of rotatable bonds is 6. The molecule has 0 amide bonds. The fourth-order valence-electron chi connectivity index (χ4n) is 0.743. The van der Waals surface area contributed by atoms with Crippen LogP contribution in [-0.2, 0) is 4.74 Å². The summed E-state index contributed by atoms with van der Waals surface area (Å²) in [5.74, 6) is -3.54. The molecule has 1 rings (SSSR count). The first-order valence-corrected chi connectivity index (χ1v) is 8.42. The minimum Gasteiger partial charge on any atom is -0.468 e. The monoisotopic (exact) mass is 293 g/mol. The molecule has 0 heterocycles. The van der Waals surface area contributed by atoms with Crippen LogP contribution in [0.3, 0.4) is 0 Å².